The molecule has 4 aromatic rings. The average Bonchev–Trinajstić information content (AvgIpc) is 3.04. The molecular weight excluding hydrogens is 312 g/mol. The van der Waals surface area contributed by atoms with E-state index in [1.54, 1.807) is 30.1 Å². The summed E-state index contributed by atoms with van der Waals surface area (Å²) in [5.41, 5.74) is 3.19. The molecule has 0 N–H and O–H groups in total. The third kappa shape index (κ3) is 2.35. The van der Waals surface area contributed by atoms with Crippen LogP contribution in [0.3, 0.4) is 0 Å². The molecule has 0 fully saturated rings. The number of nitrogens with zero attached hydrogens (tertiary/aromatic N) is 4. The van der Waals surface area contributed by atoms with Crippen LogP contribution < -0.4 is 10.3 Å². The minimum Gasteiger partial charge on any atom is -0.496 e. The number of benzene rings is 2. The summed E-state index contributed by atoms with van der Waals surface area (Å²) in [7, 11) is 1.55. The molecule has 0 atom stereocenters. The first-order chi connectivity index (χ1) is 11.3. The topological polar surface area (TPSA) is 69.9 Å². The summed E-state index contributed by atoms with van der Waals surface area (Å²) in [6.45, 7) is 0.424. The summed E-state index contributed by atoms with van der Waals surface area (Å²) >= 11 is 1.18. The smallest absolute Gasteiger partial charge is 0.265 e. The highest BCUT2D eigenvalue weighted by Crippen LogP contribution is 2.20. The van der Waals surface area contributed by atoms with Crippen molar-refractivity contribution in [3.05, 3.63) is 58.6 Å². The Labute approximate surface area is 135 Å². The summed E-state index contributed by atoms with van der Waals surface area (Å²) in [5, 5.41) is 0.494. The van der Waals surface area contributed by atoms with Gasteiger partial charge in [0.15, 0.2) is 0 Å². The van der Waals surface area contributed by atoms with Gasteiger partial charge >= 0.3 is 0 Å². The molecule has 0 aliphatic heterocycles. The predicted octanol–water partition coefficient (Wildman–Crippen LogP) is 2.46. The lowest BCUT2D eigenvalue weighted by Gasteiger charge is -2.09. The zero-order valence-electron chi connectivity index (χ0n) is 12.3. The molecule has 2 heterocycles. The van der Waals surface area contributed by atoms with E-state index in [9.17, 15) is 4.79 Å². The Morgan fingerprint density at radius 1 is 1.13 bits per heavy atom. The molecule has 0 bridgehead atoms. The first kappa shape index (κ1) is 13.8. The second-order valence-corrected chi connectivity index (χ2v) is 5.65. The van der Waals surface area contributed by atoms with Gasteiger partial charge in [0, 0.05) is 0 Å². The lowest BCUT2D eigenvalue weighted by Crippen LogP contribution is -2.21. The fraction of sp³-hybridized carbons (Fsp3) is 0.125. The Balaban J connectivity index is 1.82. The van der Waals surface area contributed by atoms with Gasteiger partial charge in [0.2, 0.25) is 0 Å². The van der Waals surface area contributed by atoms with Gasteiger partial charge in [0.25, 0.3) is 5.56 Å². The highest BCUT2D eigenvalue weighted by Gasteiger charge is 2.10. The van der Waals surface area contributed by atoms with Gasteiger partial charge in [-0.05, 0) is 29.8 Å². The van der Waals surface area contributed by atoms with Crippen molar-refractivity contribution in [2.45, 2.75) is 6.54 Å². The van der Waals surface area contributed by atoms with Crippen LogP contribution in [-0.2, 0) is 6.54 Å². The Hall–Kier alpha value is -2.80. The van der Waals surface area contributed by atoms with Crippen molar-refractivity contribution in [2.75, 3.05) is 7.11 Å². The summed E-state index contributed by atoms with van der Waals surface area (Å²) < 4.78 is 15.3. The molecule has 2 aromatic heterocycles. The molecule has 0 spiro atoms. The number of rotatable bonds is 3. The van der Waals surface area contributed by atoms with Crippen LogP contribution in [-0.4, -0.2) is 25.4 Å². The highest BCUT2D eigenvalue weighted by atomic mass is 32.1. The molecule has 7 heteroatoms. The molecule has 4 rings (SSSR count). The molecule has 6 nitrogen and oxygen atoms in total. The Morgan fingerprint density at radius 2 is 2.00 bits per heavy atom. The van der Waals surface area contributed by atoms with E-state index < -0.39 is 0 Å². The van der Waals surface area contributed by atoms with Gasteiger partial charge in [-0.25, -0.2) is 4.98 Å². The van der Waals surface area contributed by atoms with E-state index in [4.69, 9.17) is 4.74 Å². The molecule has 0 radical (unpaired) electrons. The second-order valence-electron chi connectivity index (χ2n) is 5.12. The van der Waals surface area contributed by atoms with Crippen molar-refractivity contribution in [1.82, 2.24) is 18.3 Å². The maximum absolute atomic E-state index is 12.7. The third-order valence-corrected chi connectivity index (χ3v) is 4.26. The van der Waals surface area contributed by atoms with Crippen molar-refractivity contribution in [3.63, 3.8) is 0 Å². The normalized spacial score (nSPS) is 11.2. The summed E-state index contributed by atoms with van der Waals surface area (Å²) in [6.07, 6.45) is 1.56. The monoisotopic (exact) mass is 324 g/mol. The maximum Gasteiger partial charge on any atom is 0.265 e. The van der Waals surface area contributed by atoms with Crippen molar-refractivity contribution in [2.24, 2.45) is 0 Å². The van der Waals surface area contributed by atoms with Gasteiger partial charge in [0.1, 0.15) is 22.2 Å². The molecule has 0 aliphatic rings. The number of hydrogen-bond acceptors (Lipinski definition) is 6. The van der Waals surface area contributed by atoms with E-state index in [0.717, 1.165) is 16.6 Å². The van der Waals surface area contributed by atoms with E-state index in [1.165, 1.54) is 11.7 Å². The van der Waals surface area contributed by atoms with Gasteiger partial charge in [-0.15, -0.1) is 0 Å². The van der Waals surface area contributed by atoms with Crippen LogP contribution in [0.2, 0.25) is 0 Å². The number of methoxy groups -OCH3 is 1. The number of hydrogen-bond donors (Lipinski definition) is 0. The molecule has 2 aromatic carbocycles. The van der Waals surface area contributed by atoms with E-state index in [0.29, 0.717) is 23.2 Å². The molecule has 0 unspecified atom stereocenters. The van der Waals surface area contributed by atoms with Crippen molar-refractivity contribution in [1.29, 1.82) is 0 Å². The van der Waals surface area contributed by atoms with Gasteiger partial charge in [-0.1, -0.05) is 12.1 Å². The predicted molar refractivity (Wildman–Crippen MR) is 89.1 cm³/mol. The quantitative estimate of drug-likeness (QED) is 0.579. The molecule has 23 heavy (non-hydrogen) atoms. The Kier molecular flexibility index (Phi) is 3.27. The van der Waals surface area contributed by atoms with Crippen LogP contribution >= 0.6 is 11.7 Å². The molecule has 114 valence electrons. The maximum atomic E-state index is 12.7. The SMILES string of the molecule is COc1cccc2ncn(Cc3ccc4nsnc4c3)c(=O)c12. The minimum atomic E-state index is -0.121. The van der Waals surface area contributed by atoms with Crippen LogP contribution in [0.5, 0.6) is 5.75 Å². The average molecular weight is 324 g/mol. The van der Waals surface area contributed by atoms with Crippen molar-refractivity contribution >= 4 is 33.7 Å². The molecule has 0 saturated carbocycles. The molecule has 0 amide bonds. The van der Waals surface area contributed by atoms with E-state index in [-0.39, 0.29) is 5.56 Å². The lowest BCUT2D eigenvalue weighted by atomic mass is 10.2. The number of aromatic nitrogens is 4. The van der Waals surface area contributed by atoms with Crippen LogP contribution in [0.4, 0.5) is 0 Å². The zero-order valence-corrected chi connectivity index (χ0v) is 13.1. The van der Waals surface area contributed by atoms with Crippen LogP contribution in [0.15, 0.2) is 47.5 Å². The number of fused-ring (bicyclic) bond motifs is 2. The largest absolute Gasteiger partial charge is 0.496 e. The highest BCUT2D eigenvalue weighted by molar-refractivity contribution is 7.00. The first-order valence-electron chi connectivity index (χ1n) is 6.99. The second kappa shape index (κ2) is 5.44. The minimum absolute atomic E-state index is 0.121. The fourth-order valence-electron chi connectivity index (χ4n) is 2.58. The van der Waals surface area contributed by atoms with Gasteiger partial charge in [-0.3, -0.25) is 9.36 Å². The van der Waals surface area contributed by atoms with E-state index >= 15 is 0 Å². The van der Waals surface area contributed by atoms with Crippen LogP contribution in [0.1, 0.15) is 5.56 Å². The van der Waals surface area contributed by atoms with Crippen molar-refractivity contribution < 1.29 is 4.74 Å². The van der Waals surface area contributed by atoms with E-state index in [2.05, 4.69) is 13.7 Å². The van der Waals surface area contributed by atoms with Gasteiger partial charge < -0.3 is 4.74 Å². The third-order valence-electron chi connectivity index (χ3n) is 3.71. The van der Waals surface area contributed by atoms with Crippen LogP contribution in [0.25, 0.3) is 21.9 Å². The lowest BCUT2D eigenvalue weighted by molar-refractivity contribution is 0.419. The van der Waals surface area contributed by atoms with Gasteiger partial charge in [-0.2, -0.15) is 8.75 Å². The summed E-state index contributed by atoms with van der Waals surface area (Å²) in [4.78, 5) is 17.1. The Morgan fingerprint density at radius 3 is 2.87 bits per heavy atom. The molecule has 0 saturated heterocycles. The molecular formula is C16H12N4O2S. The summed E-state index contributed by atoms with van der Waals surface area (Å²) in [6, 6.07) is 11.2. The fourth-order valence-corrected chi connectivity index (χ4v) is 3.09. The van der Waals surface area contributed by atoms with Gasteiger partial charge in [0.05, 0.1) is 37.2 Å². The Bertz CT molecular complexity index is 1070. The summed E-state index contributed by atoms with van der Waals surface area (Å²) in [5.74, 6) is 0.536. The number of ether oxygens (including phenoxy) is 1. The zero-order chi connectivity index (χ0) is 15.8. The first-order valence-corrected chi connectivity index (χ1v) is 7.72. The standard InChI is InChI=1S/C16H12N4O2S/c1-22-14-4-2-3-12-15(14)16(21)20(9-17-12)8-10-5-6-11-13(7-10)19-23-18-11/h2-7,9H,8H2,1H3. The van der Waals surface area contributed by atoms with Crippen LogP contribution in [0, 0.1) is 0 Å². The van der Waals surface area contributed by atoms with Crippen molar-refractivity contribution in [3.8, 4) is 5.75 Å². The molecule has 0 aliphatic carbocycles. The van der Waals surface area contributed by atoms with E-state index in [1.807, 2.05) is 24.3 Å².